The van der Waals surface area contributed by atoms with Crippen molar-refractivity contribution in [3.63, 3.8) is 0 Å². The Kier molecular flexibility index (Phi) is 4.52. The predicted octanol–water partition coefficient (Wildman–Crippen LogP) is 4.08. The van der Waals surface area contributed by atoms with E-state index < -0.39 is 5.41 Å². The standard InChI is InChI=1S/C20H21N3O/c1-16-7-9-18(10-8-16)22-19(24)23-13-11-20(15-21,12-14-23)17-5-3-2-4-6-17/h2-10H,11-14H2,1H3,(H,22,24). The van der Waals surface area contributed by atoms with Gasteiger partial charge in [-0.15, -0.1) is 0 Å². The molecular formula is C20H21N3O. The average Bonchev–Trinajstić information content (AvgIpc) is 2.64. The van der Waals surface area contributed by atoms with Crippen LogP contribution >= 0.6 is 0 Å². The minimum absolute atomic E-state index is 0.0987. The normalized spacial score (nSPS) is 16.2. The largest absolute Gasteiger partial charge is 0.324 e. The fourth-order valence-electron chi connectivity index (χ4n) is 3.15. The lowest BCUT2D eigenvalue weighted by molar-refractivity contribution is 0.183. The maximum absolute atomic E-state index is 12.4. The van der Waals surface area contributed by atoms with Gasteiger partial charge in [0.1, 0.15) is 0 Å². The van der Waals surface area contributed by atoms with Gasteiger partial charge in [0.05, 0.1) is 11.5 Å². The van der Waals surface area contributed by atoms with Crippen LogP contribution in [-0.2, 0) is 5.41 Å². The number of benzene rings is 2. The van der Waals surface area contributed by atoms with E-state index in [1.165, 1.54) is 0 Å². The van der Waals surface area contributed by atoms with Crippen molar-refractivity contribution in [2.45, 2.75) is 25.2 Å². The Morgan fingerprint density at radius 1 is 1.08 bits per heavy atom. The van der Waals surface area contributed by atoms with Crippen LogP contribution in [0.4, 0.5) is 10.5 Å². The van der Waals surface area contributed by atoms with Crippen molar-refractivity contribution in [1.29, 1.82) is 5.26 Å². The molecule has 2 aromatic rings. The molecule has 122 valence electrons. The Balaban J connectivity index is 1.65. The van der Waals surface area contributed by atoms with Crippen LogP contribution in [0.25, 0.3) is 0 Å². The molecule has 0 atom stereocenters. The van der Waals surface area contributed by atoms with Crippen LogP contribution in [0.15, 0.2) is 54.6 Å². The van der Waals surface area contributed by atoms with Crippen LogP contribution in [-0.4, -0.2) is 24.0 Å². The maximum atomic E-state index is 12.4. The zero-order valence-electron chi connectivity index (χ0n) is 13.8. The molecule has 0 spiro atoms. The number of anilines is 1. The fraction of sp³-hybridized carbons (Fsp3) is 0.300. The number of piperidine rings is 1. The topological polar surface area (TPSA) is 56.1 Å². The molecule has 0 saturated carbocycles. The third-order valence-corrected chi connectivity index (χ3v) is 4.75. The Morgan fingerprint density at radius 2 is 1.71 bits per heavy atom. The van der Waals surface area contributed by atoms with Crippen LogP contribution in [0.3, 0.4) is 0 Å². The van der Waals surface area contributed by atoms with E-state index in [-0.39, 0.29) is 6.03 Å². The first-order valence-electron chi connectivity index (χ1n) is 8.22. The number of nitriles is 1. The summed E-state index contributed by atoms with van der Waals surface area (Å²) >= 11 is 0. The molecule has 1 fully saturated rings. The lowest BCUT2D eigenvalue weighted by Gasteiger charge is -2.37. The van der Waals surface area contributed by atoms with Gasteiger partial charge in [0, 0.05) is 18.8 Å². The number of amides is 2. The van der Waals surface area contributed by atoms with Crippen LogP contribution in [0.5, 0.6) is 0 Å². The highest BCUT2D eigenvalue weighted by molar-refractivity contribution is 5.89. The molecule has 1 aliphatic heterocycles. The summed E-state index contributed by atoms with van der Waals surface area (Å²) in [5, 5.41) is 12.6. The van der Waals surface area contributed by atoms with Crippen molar-refractivity contribution >= 4 is 11.7 Å². The Bertz CT molecular complexity index is 739. The van der Waals surface area contributed by atoms with Gasteiger partial charge in [-0.3, -0.25) is 0 Å². The zero-order valence-corrected chi connectivity index (χ0v) is 13.8. The number of carbonyl (C=O) groups excluding carboxylic acids is 1. The van der Waals surface area contributed by atoms with E-state index in [2.05, 4.69) is 11.4 Å². The van der Waals surface area contributed by atoms with Crippen molar-refractivity contribution in [2.75, 3.05) is 18.4 Å². The number of likely N-dealkylation sites (tertiary alicyclic amines) is 1. The maximum Gasteiger partial charge on any atom is 0.321 e. The molecular weight excluding hydrogens is 298 g/mol. The molecule has 0 aromatic heterocycles. The van der Waals surface area contributed by atoms with Crippen LogP contribution in [0, 0.1) is 18.3 Å². The van der Waals surface area contributed by atoms with E-state index in [9.17, 15) is 10.1 Å². The third-order valence-electron chi connectivity index (χ3n) is 4.75. The van der Waals surface area contributed by atoms with Crippen LogP contribution in [0.1, 0.15) is 24.0 Å². The lowest BCUT2D eigenvalue weighted by Crippen LogP contribution is -2.46. The van der Waals surface area contributed by atoms with Gasteiger partial charge < -0.3 is 10.2 Å². The van der Waals surface area contributed by atoms with Gasteiger partial charge in [-0.1, -0.05) is 48.0 Å². The molecule has 0 aliphatic carbocycles. The van der Waals surface area contributed by atoms with Gasteiger partial charge in [-0.05, 0) is 37.5 Å². The molecule has 24 heavy (non-hydrogen) atoms. The number of hydrogen-bond donors (Lipinski definition) is 1. The minimum Gasteiger partial charge on any atom is -0.324 e. The summed E-state index contributed by atoms with van der Waals surface area (Å²) in [6.45, 7) is 3.18. The smallest absolute Gasteiger partial charge is 0.321 e. The minimum atomic E-state index is -0.484. The highest BCUT2D eigenvalue weighted by Gasteiger charge is 2.37. The first-order chi connectivity index (χ1) is 11.6. The van der Waals surface area contributed by atoms with E-state index in [0.717, 1.165) is 16.8 Å². The van der Waals surface area contributed by atoms with Crippen molar-refractivity contribution in [3.8, 4) is 6.07 Å². The molecule has 2 amide bonds. The average molecular weight is 319 g/mol. The number of hydrogen-bond acceptors (Lipinski definition) is 2. The molecule has 0 radical (unpaired) electrons. The number of urea groups is 1. The lowest BCUT2D eigenvalue weighted by atomic mass is 9.74. The number of nitrogens with one attached hydrogen (secondary N) is 1. The molecule has 1 saturated heterocycles. The molecule has 0 bridgehead atoms. The predicted molar refractivity (Wildman–Crippen MR) is 94.7 cm³/mol. The second-order valence-electron chi connectivity index (χ2n) is 6.34. The van der Waals surface area contributed by atoms with Gasteiger partial charge in [0.15, 0.2) is 0 Å². The number of rotatable bonds is 2. The second-order valence-corrected chi connectivity index (χ2v) is 6.34. The summed E-state index contributed by atoms with van der Waals surface area (Å²) < 4.78 is 0. The summed E-state index contributed by atoms with van der Waals surface area (Å²) in [7, 11) is 0. The highest BCUT2D eigenvalue weighted by atomic mass is 16.2. The van der Waals surface area contributed by atoms with Gasteiger partial charge in [0.25, 0.3) is 0 Å². The first kappa shape index (κ1) is 16.1. The van der Waals surface area contributed by atoms with Crippen LogP contribution < -0.4 is 5.32 Å². The van der Waals surface area contributed by atoms with E-state index in [4.69, 9.17) is 0 Å². The first-order valence-corrected chi connectivity index (χ1v) is 8.22. The molecule has 2 aromatic carbocycles. The van der Waals surface area contributed by atoms with Gasteiger partial charge in [-0.25, -0.2) is 4.79 Å². The fourth-order valence-corrected chi connectivity index (χ4v) is 3.15. The molecule has 3 rings (SSSR count). The molecule has 4 nitrogen and oxygen atoms in total. The monoisotopic (exact) mass is 319 g/mol. The van der Waals surface area contributed by atoms with Crippen molar-refractivity contribution in [1.82, 2.24) is 4.90 Å². The third kappa shape index (κ3) is 3.26. The molecule has 1 heterocycles. The van der Waals surface area contributed by atoms with Crippen molar-refractivity contribution in [3.05, 3.63) is 65.7 Å². The summed E-state index contributed by atoms with van der Waals surface area (Å²) in [6, 6.07) is 20.0. The van der Waals surface area contributed by atoms with Gasteiger partial charge in [-0.2, -0.15) is 5.26 Å². The summed E-state index contributed by atoms with van der Waals surface area (Å²) in [5.74, 6) is 0. The van der Waals surface area contributed by atoms with Gasteiger partial charge >= 0.3 is 6.03 Å². The molecule has 0 unspecified atom stereocenters. The summed E-state index contributed by atoms with van der Waals surface area (Å²) in [4.78, 5) is 14.2. The van der Waals surface area contributed by atoms with Crippen molar-refractivity contribution < 1.29 is 4.79 Å². The zero-order chi connectivity index (χ0) is 17.0. The Labute approximate surface area is 142 Å². The van der Waals surface area contributed by atoms with Crippen LogP contribution in [0.2, 0.25) is 0 Å². The summed E-state index contributed by atoms with van der Waals surface area (Å²) in [5.41, 5.74) is 2.52. The van der Waals surface area contributed by atoms with E-state index in [1.807, 2.05) is 61.5 Å². The number of nitrogens with zero attached hydrogens (tertiary/aromatic N) is 2. The summed E-state index contributed by atoms with van der Waals surface area (Å²) in [6.07, 6.45) is 1.32. The number of aryl methyl sites for hydroxylation is 1. The van der Waals surface area contributed by atoms with E-state index >= 15 is 0 Å². The Morgan fingerprint density at radius 3 is 2.29 bits per heavy atom. The molecule has 4 heteroatoms. The SMILES string of the molecule is Cc1ccc(NC(=O)N2CCC(C#N)(c3ccccc3)CC2)cc1. The van der Waals surface area contributed by atoms with E-state index in [1.54, 1.807) is 4.90 Å². The van der Waals surface area contributed by atoms with E-state index in [0.29, 0.717) is 25.9 Å². The highest BCUT2D eigenvalue weighted by Crippen LogP contribution is 2.35. The molecule has 1 N–H and O–H groups in total. The number of carbonyl (C=O) groups is 1. The quantitative estimate of drug-likeness (QED) is 0.906. The Hall–Kier alpha value is -2.80. The second kappa shape index (κ2) is 6.76. The molecule has 1 aliphatic rings. The van der Waals surface area contributed by atoms with Gasteiger partial charge in [0.2, 0.25) is 0 Å². The van der Waals surface area contributed by atoms with Crippen molar-refractivity contribution in [2.24, 2.45) is 0 Å².